The van der Waals surface area contributed by atoms with Gasteiger partial charge in [-0.15, -0.1) is 6.58 Å². The zero-order chi connectivity index (χ0) is 15.0. The first-order valence-electron chi connectivity index (χ1n) is 5.58. The summed E-state index contributed by atoms with van der Waals surface area (Å²) in [5.41, 5.74) is 3.01. The Morgan fingerprint density at radius 1 is 1.65 bits per heavy atom. The second kappa shape index (κ2) is 7.85. The van der Waals surface area contributed by atoms with Gasteiger partial charge in [0.05, 0.1) is 18.2 Å². The lowest BCUT2D eigenvalue weighted by Crippen LogP contribution is -2.31. The molecule has 0 bridgehead atoms. The van der Waals surface area contributed by atoms with Crippen molar-refractivity contribution in [3.8, 4) is 5.75 Å². The van der Waals surface area contributed by atoms with Crippen LogP contribution in [-0.4, -0.2) is 29.9 Å². The lowest BCUT2D eigenvalue weighted by molar-refractivity contribution is -0.385. The fourth-order valence-electron chi connectivity index (χ4n) is 1.30. The maximum Gasteiger partial charge on any atom is 0.311 e. The van der Waals surface area contributed by atoms with Crippen LogP contribution in [0.2, 0.25) is 0 Å². The minimum atomic E-state index is -0.514. The molecule has 0 saturated heterocycles. The fourth-order valence-corrected chi connectivity index (χ4v) is 1.44. The highest BCUT2D eigenvalue weighted by Gasteiger charge is 2.14. The number of rotatable bonds is 6. The number of hydrogen-bond donors (Lipinski definition) is 2. The Hall–Kier alpha value is -2.48. The molecule has 1 aromatic rings. The van der Waals surface area contributed by atoms with Crippen molar-refractivity contribution in [3.05, 3.63) is 46.5 Å². The number of methoxy groups -OCH3 is 1. The van der Waals surface area contributed by atoms with E-state index in [4.69, 9.17) is 17.0 Å². The lowest BCUT2D eigenvalue weighted by atomic mass is 10.2. The molecule has 0 atom stereocenters. The Bertz CT molecular complexity index is 546. The van der Waals surface area contributed by atoms with Crippen molar-refractivity contribution in [3.63, 3.8) is 0 Å². The van der Waals surface area contributed by atoms with Gasteiger partial charge in [0.15, 0.2) is 10.9 Å². The summed E-state index contributed by atoms with van der Waals surface area (Å²) >= 11 is 4.93. The van der Waals surface area contributed by atoms with Gasteiger partial charge in [0, 0.05) is 18.2 Å². The van der Waals surface area contributed by atoms with E-state index in [9.17, 15) is 10.1 Å². The van der Waals surface area contributed by atoms with Crippen molar-refractivity contribution in [1.29, 1.82) is 0 Å². The van der Waals surface area contributed by atoms with Crippen molar-refractivity contribution >= 4 is 29.2 Å². The van der Waals surface area contributed by atoms with Crippen LogP contribution >= 0.6 is 12.2 Å². The Balaban J connectivity index is 2.73. The summed E-state index contributed by atoms with van der Waals surface area (Å²) in [5.74, 6) is 0.197. The highest BCUT2D eigenvalue weighted by Crippen LogP contribution is 2.26. The van der Waals surface area contributed by atoms with Crippen molar-refractivity contribution in [2.24, 2.45) is 5.10 Å². The van der Waals surface area contributed by atoms with Crippen LogP contribution in [0.1, 0.15) is 5.56 Å². The van der Waals surface area contributed by atoms with Crippen molar-refractivity contribution in [2.75, 3.05) is 13.7 Å². The van der Waals surface area contributed by atoms with E-state index in [2.05, 4.69) is 22.4 Å². The summed E-state index contributed by atoms with van der Waals surface area (Å²) in [4.78, 5) is 10.3. The Morgan fingerprint density at radius 2 is 2.40 bits per heavy atom. The van der Waals surface area contributed by atoms with E-state index in [-0.39, 0.29) is 11.4 Å². The summed E-state index contributed by atoms with van der Waals surface area (Å²) in [6.45, 7) is 4.06. The first-order valence-corrected chi connectivity index (χ1v) is 5.99. The first kappa shape index (κ1) is 15.6. The van der Waals surface area contributed by atoms with Crippen molar-refractivity contribution in [1.82, 2.24) is 10.7 Å². The fraction of sp³-hybridized carbons (Fsp3) is 0.167. The maximum atomic E-state index is 10.9. The first-order chi connectivity index (χ1) is 9.58. The van der Waals surface area contributed by atoms with E-state index in [1.165, 1.54) is 25.5 Å². The predicted molar refractivity (Wildman–Crippen MR) is 81.2 cm³/mol. The van der Waals surface area contributed by atoms with Crippen LogP contribution in [0.5, 0.6) is 5.75 Å². The molecule has 7 nitrogen and oxygen atoms in total. The van der Waals surface area contributed by atoms with Gasteiger partial charge in [0.1, 0.15) is 0 Å². The summed E-state index contributed by atoms with van der Waals surface area (Å²) in [7, 11) is 1.38. The minimum absolute atomic E-state index is 0.121. The van der Waals surface area contributed by atoms with Crippen LogP contribution < -0.4 is 15.5 Å². The number of nitrogens with zero attached hydrogens (tertiary/aromatic N) is 2. The number of hydrazone groups is 1. The number of nitrogens with one attached hydrogen (secondary N) is 2. The zero-order valence-corrected chi connectivity index (χ0v) is 11.6. The molecule has 0 aliphatic carbocycles. The smallest absolute Gasteiger partial charge is 0.311 e. The molecule has 0 radical (unpaired) electrons. The molecule has 0 aliphatic rings. The van der Waals surface area contributed by atoms with E-state index in [1.807, 2.05) is 0 Å². The van der Waals surface area contributed by atoms with E-state index in [1.54, 1.807) is 12.1 Å². The third kappa shape index (κ3) is 4.65. The van der Waals surface area contributed by atoms with Crippen LogP contribution in [0, 0.1) is 10.1 Å². The molecule has 0 aliphatic heterocycles. The number of nitro groups is 1. The van der Waals surface area contributed by atoms with Crippen molar-refractivity contribution in [2.45, 2.75) is 0 Å². The van der Waals surface area contributed by atoms with Gasteiger partial charge in [-0.25, -0.2) is 0 Å². The van der Waals surface area contributed by atoms with Crippen LogP contribution in [0.3, 0.4) is 0 Å². The van der Waals surface area contributed by atoms with Crippen LogP contribution in [0.4, 0.5) is 5.69 Å². The van der Waals surface area contributed by atoms with Crippen LogP contribution in [0.15, 0.2) is 36.0 Å². The zero-order valence-electron chi connectivity index (χ0n) is 10.8. The molecular formula is C12H14N4O3S. The Kier molecular flexibility index (Phi) is 6.11. The molecule has 0 unspecified atom stereocenters. The molecule has 0 amide bonds. The molecule has 20 heavy (non-hydrogen) atoms. The van der Waals surface area contributed by atoms with Gasteiger partial charge in [-0.05, 0) is 24.4 Å². The largest absolute Gasteiger partial charge is 0.490 e. The Morgan fingerprint density at radius 3 is 3.00 bits per heavy atom. The molecule has 0 heterocycles. The molecule has 2 N–H and O–H groups in total. The SMILES string of the molecule is C=CCNC(=S)N/N=C/c1ccc(OC)c([N+](=O)[O-])c1. The molecule has 0 fully saturated rings. The van der Waals surface area contributed by atoms with Crippen molar-refractivity contribution < 1.29 is 9.66 Å². The molecule has 0 spiro atoms. The standard InChI is InChI=1S/C12H14N4O3S/c1-3-6-13-12(20)15-14-8-9-4-5-11(19-2)10(7-9)16(17)18/h3-5,7-8H,1,6H2,2H3,(H2,13,15,20)/b14-8+. The number of hydrogen-bond acceptors (Lipinski definition) is 5. The number of benzene rings is 1. The van der Waals surface area contributed by atoms with E-state index >= 15 is 0 Å². The summed E-state index contributed by atoms with van der Waals surface area (Å²) < 4.78 is 4.91. The average molecular weight is 294 g/mol. The summed E-state index contributed by atoms with van der Waals surface area (Å²) in [6, 6.07) is 4.52. The number of ether oxygens (including phenoxy) is 1. The monoisotopic (exact) mass is 294 g/mol. The van der Waals surface area contributed by atoms with Gasteiger partial charge in [-0.1, -0.05) is 6.08 Å². The van der Waals surface area contributed by atoms with E-state index in [0.717, 1.165) is 0 Å². The van der Waals surface area contributed by atoms with Gasteiger partial charge < -0.3 is 10.1 Å². The van der Waals surface area contributed by atoms with E-state index in [0.29, 0.717) is 17.2 Å². The minimum Gasteiger partial charge on any atom is -0.490 e. The summed E-state index contributed by atoms with van der Waals surface area (Å²) in [5, 5.41) is 17.9. The lowest BCUT2D eigenvalue weighted by Gasteiger charge is -2.04. The predicted octanol–water partition coefficient (Wildman–Crippen LogP) is 1.59. The highest BCUT2D eigenvalue weighted by atomic mass is 32.1. The van der Waals surface area contributed by atoms with Gasteiger partial charge in [0.2, 0.25) is 0 Å². The third-order valence-electron chi connectivity index (χ3n) is 2.19. The summed E-state index contributed by atoms with van der Waals surface area (Å²) in [6.07, 6.45) is 3.08. The topological polar surface area (TPSA) is 88.8 Å². The van der Waals surface area contributed by atoms with Gasteiger partial charge >= 0.3 is 5.69 Å². The van der Waals surface area contributed by atoms with Crippen LogP contribution in [-0.2, 0) is 0 Å². The van der Waals surface area contributed by atoms with Gasteiger partial charge in [-0.2, -0.15) is 5.10 Å². The molecule has 0 aromatic heterocycles. The van der Waals surface area contributed by atoms with Gasteiger partial charge in [0.25, 0.3) is 0 Å². The van der Waals surface area contributed by atoms with Gasteiger partial charge in [-0.3, -0.25) is 15.5 Å². The molecule has 106 valence electrons. The highest BCUT2D eigenvalue weighted by molar-refractivity contribution is 7.80. The number of nitro benzene ring substituents is 1. The molecule has 1 rings (SSSR count). The molecule has 8 heteroatoms. The number of thiocarbonyl (C=S) groups is 1. The second-order valence-corrected chi connectivity index (χ2v) is 3.97. The quantitative estimate of drug-likeness (QED) is 0.272. The maximum absolute atomic E-state index is 10.9. The molecular weight excluding hydrogens is 280 g/mol. The third-order valence-corrected chi connectivity index (χ3v) is 2.42. The normalized spacial score (nSPS) is 10.1. The molecule has 1 aromatic carbocycles. The average Bonchev–Trinajstić information content (AvgIpc) is 2.44. The van der Waals surface area contributed by atoms with Crippen LogP contribution in [0.25, 0.3) is 0 Å². The Labute approximate surface area is 121 Å². The molecule has 0 saturated carbocycles. The van der Waals surface area contributed by atoms with E-state index < -0.39 is 4.92 Å². The second-order valence-electron chi connectivity index (χ2n) is 3.56.